The van der Waals surface area contributed by atoms with E-state index in [9.17, 15) is 4.79 Å². The summed E-state index contributed by atoms with van der Waals surface area (Å²) in [6.45, 7) is 0. The zero-order valence-electron chi connectivity index (χ0n) is 9.70. The molecular weight excluding hydrogens is 240 g/mol. The van der Waals surface area contributed by atoms with Crippen LogP contribution in [0, 0.1) is 0 Å². The van der Waals surface area contributed by atoms with Crippen LogP contribution in [0.25, 0.3) is 0 Å². The van der Waals surface area contributed by atoms with Gasteiger partial charge in [0.2, 0.25) is 0 Å². The Morgan fingerprint density at radius 1 is 1.71 bits per heavy atom. The fourth-order valence-electron chi connectivity index (χ4n) is 2.29. The topological polar surface area (TPSA) is 64.4 Å². The Morgan fingerprint density at radius 3 is 3.24 bits per heavy atom. The highest BCUT2D eigenvalue weighted by molar-refractivity contribution is 7.99. The quantitative estimate of drug-likeness (QED) is 0.814. The number of hydrogen-bond donors (Lipinski definition) is 1. The lowest BCUT2D eigenvalue weighted by molar-refractivity contribution is -0.133. The molecule has 2 rings (SSSR count). The van der Waals surface area contributed by atoms with Crippen molar-refractivity contribution in [2.75, 3.05) is 12.9 Å². The summed E-state index contributed by atoms with van der Waals surface area (Å²) >= 11 is 1.26. The standard InChI is InChI=1S/C11H16N2O3S/c1-16-9-4-2-3-8(9)13-6-5-12-11(13)17-7-10(14)15/h5-6,8-9H,2-4,7H2,1H3,(H,14,15). The lowest BCUT2D eigenvalue weighted by Crippen LogP contribution is -2.20. The number of carboxylic acid groups (broad SMARTS) is 1. The summed E-state index contributed by atoms with van der Waals surface area (Å²) in [4.78, 5) is 14.8. The second-order valence-corrected chi connectivity index (χ2v) is 5.01. The van der Waals surface area contributed by atoms with Gasteiger partial charge in [0, 0.05) is 19.5 Å². The SMILES string of the molecule is COC1CCCC1n1ccnc1SCC(=O)O. The van der Waals surface area contributed by atoms with Gasteiger partial charge in [0.25, 0.3) is 0 Å². The van der Waals surface area contributed by atoms with Gasteiger partial charge in [-0.2, -0.15) is 0 Å². The predicted molar refractivity (Wildman–Crippen MR) is 64.3 cm³/mol. The van der Waals surface area contributed by atoms with E-state index in [1.807, 2.05) is 6.20 Å². The van der Waals surface area contributed by atoms with Gasteiger partial charge in [-0.3, -0.25) is 4.79 Å². The van der Waals surface area contributed by atoms with Crippen molar-refractivity contribution in [2.45, 2.75) is 36.6 Å². The first-order valence-corrected chi connectivity index (χ1v) is 6.61. The van der Waals surface area contributed by atoms with Crippen LogP contribution in [-0.4, -0.2) is 39.6 Å². The van der Waals surface area contributed by atoms with Crippen LogP contribution in [0.2, 0.25) is 0 Å². The van der Waals surface area contributed by atoms with Crippen molar-refractivity contribution in [2.24, 2.45) is 0 Å². The minimum absolute atomic E-state index is 0.0430. The summed E-state index contributed by atoms with van der Waals surface area (Å²) in [5.74, 6) is -0.777. The molecule has 0 aliphatic heterocycles. The second kappa shape index (κ2) is 5.55. The van der Waals surface area contributed by atoms with E-state index in [-0.39, 0.29) is 11.9 Å². The lowest BCUT2D eigenvalue weighted by atomic mass is 10.2. The van der Waals surface area contributed by atoms with E-state index in [1.54, 1.807) is 13.3 Å². The molecule has 1 N–H and O–H groups in total. The number of hydrogen-bond acceptors (Lipinski definition) is 4. The van der Waals surface area contributed by atoms with E-state index in [2.05, 4.69) is 9.55 Å². The number of thioether (sulfide) groups is 1. The molecule has 1 aliphatic rings. The van der Waals surface area contributed by atoms with Gasteiger partial charge < -0.3 is 14.4 Å². The molecule has 1 aromatic rings. The van der Waals surface area contributed by atoms with Crippen molar-refractivity contribution < 1.29 is 14.6 Å². The molecule has 1 fully saturated rings. The number of carboxylic acids is 1. The second-order valence-electron chi connectivity index (χ2n) is 4.07. The van der Waals surface area contributed by atoms with Crippen molar-refractivity contribution in [3.63, 3.8) is 0 Å². The average Bonchev–Trinajstić information content (AvgIpc) is 2.93. The smallest absolute Gasteiger partial charge is 0.313 e. The van der Waals surface area contributed by atoms with Crippen LogP contribution in [0.3, 0.4) is 0 Å². The van der Waals surface area contributed by atoms with E-state index in [1.165, 1.54) is 11.8 Å². The number of nitrogens with zero attached hydrogens (tertiary/aromatic N) is 2. The van der Waals surface area contributed by atoms with Crippen LogP contribution >= 0.6 is 11.8 Å². The molecule has 1 aromatic heterocycles. The minimum Gasteiger partial charge on any atom is -0.481 e. The Hall–Kier alpha value is -1.01. The molecule has 2 atom stereocenters. The van der Waals surface area contributed by atoms with Crippen molar-refractivity contribution in [1.82, 2.24) is 9.55 Å². The first kappa shape index (κ1) is 12.4. The number of rotatable bonds is 5. The van der Waals surface area contributed by atoms with Gasteiger partial charge in [0.1, 0.15) is 0 Å². The molecule has 1 aliphatic carbocycles. The largest absolute Gasteiger partial charge is 0.481 e. The monoisotopic (exact) mass is 256 g/mol. The molecule has 0 spiro atoms. The highest BCUT2D eigenvalue weighted by Crippen LogP contribution is 2.34. The summed E-state index contributed by atoms with van der Waals surface area (Å²) in [7, 11) is 1.73. The van der Waals surface area contributed by atoms with Crippen LogP contribution in [-0.2, 0) is 9.53 Å². The van der Waals surface area contributed by atoms with Gasteiger partial charge >= 0.3 is 5.97 Å². The van der Waals surface area contributed by atoms with E-state index < -0.39 is 5.97 Å². The van der Waals surface area contributed by atoms with Gasteiger partial charge in [-0.25, -0.2) is 4.98 Å². The number of carbonyl (C=O) groups is 1. The Balaban J connectivity index is 2.09. The average molecular weight is 256 g/mol. The molecule has 5 nitrogen and oxygen atoms in total. The molecule has 0 saturated heterocycles. The molecule has 0 bridgehead atoms. The van der Waals surface area contributed by atoms with Crippen molar-refractivity contribution in [1.29, 1.82) is 0 Å². The first-order valence-electron chi connectivity index (χ1n) is 5.62. The van der Waals surface area contributed by atoms with Gasteiger partial charge in [-0.1, -0.05) is 11.8 Å². The number of imidazole rings is 1. The van der Waals surface area contributed by atoms with Gasteiger partial charge in [0.05, 0.1) is 17.9 Å². The maximum atomic E-state index is 10.6. The van der Waals surface area contributed by atoms with Gasteiger partial charge in [-0.15, -0.1) is 0 Å². The molecule has 1 heterocycles. The summed E-state index contributed by atoms with van der Waals surface area (Å²) in [5, 5.41) is 9.45. The lowest BCUT2D eigenvalue weighted by Gasteiger charge is -2.21. The molecule has 6 heteroatoms. The fourth-order valence-corrected chi connectivity index (χ4v) is 3.02. The molecule has 2 unspecified atom stereocenters. The molecule has 17 heavy (non-hydrogen) atoms. The fraction of sp³-hybridized carbons (Fsp3) is 0.636. The summed E-state index contributed by atoms with van der Waals surface area (Å²) in [6.07, 6.45) is 7.11. The van der Waals surface area contributed by atoms with Crippen LogP contribution < -0.4 is 0 Å². The summed E-state index contributed by atoms with van der Waals surface area (Å²) < 4.78 is 7.50. The normalized spacial score (nSPS) is 24.1. The third-order valence-electron chi connectivity index (χ3n) is 3.04. The molecule has 0 amide bonds. The summed E-state index contributed by atoms with van der Waals surface area (Å²) in [5.41, 5.74) is 0. The van der Waals surface area contributed by atoms with Crippen molar-refractivity contribution >= 4 is 17.7 Å². The number of aromatic nitrogens is 2. The van der Waals surface area contributed by atoms with E-state index >= 15 is 0 Å². The minimum atomic E-state index is -0.820. The van der Waals surface area contributed by atoms with Crippen LogP contribution in [0.15, 0.2) is 17.6 Å². The third kappa shape index (κ3) is 2.81. The highest BCUT2D eigenvalue weighted by Gasteiger charge is 2.29. The first-order chi connectivity index (χ1) is 8.22. The van der Waals surface area contributed by atoms with E-state index in [0.29, 0.717) is 6.04 Å². The summed E-state index contributed by atoms with van der Waals surface area (Å²) in [6, 6.07) is 0.291. The molecule has 94 valence electrons. The molecule has 0 aromatic carbocycles. The van der Waals surface area contributed by atoms with E-state index in [0.717, 1.165) is 24.4 Å². The maximum Gasteiger partial charge on any atom is 0.313 e. The maximum absolute atomic E-state index is 10.6. The van der Waals surface area contributed by atoms with Crippen LogP contribution in [0.1, 0.15) is 25.3 Å². The van der Waals surface area contributed by atoms with Gasteiger partial charge in [-0.05, 0) is 19.3 Å². The van der Waals surface area contributed by atoms with Crippen molar-refractivity contribution in [3.05, 3.63) is 12.4 Å². The third-order valence-corrected chi connectivity index (χ3v) is 4.00. The van der Waals surface area contributed by atoms with Crippen molar-refractivity contribution in [3.8, 4) is 0 Å². The highest BCUT2D eigenvalue weighted by atomic mass is 32.2. The zero-order chi connectivity index (χ0) is 12.3. The number of methoxy groups -OCH3 is 1. The number of ether oxygens (including phenoxy) is 1. The Morgan fingerprint density at radius 2 is 2.53 bits per heavy atom. The Kier molecular flexibility index (Phi) is 4.06. The van der Waals surface area contributed by atoms with Crippen LogP contribution in [0.4, 0.5) is 0 Å². The van der Waals surface area contributed by atoms with Gasteiger partial charge in [0.15, 0.2) is 5.16 Å². The van der Waals surface area contributed by atoms with Crippen LogP contribution in [0.5, 0.6) is 0 Å². The molecule has 1 saturated carbocycles. The predicted octanol–water partition coefficient (Wildman–Crippen LogP) is 1.80. The molecule has 0 radical (unpaired) electrons. The Labute approximate surface area is 104 Å². The zero-order valence-corrected chi connectivity index (χ0v) is 10.5. The Bertz CT molecular complexity index is 394. The van der Waals surface area contributed by atoms with E-state index in [4.69, 9.17) is 9.84 Å². The number of aliphatic carboxylic acids is 1. The molecular formula is C11H16N2O3S.